The molecule has 1 atom stereocenters. The minimum Gasteiger partial charge on any atom is -0.370 e. The van der Waals surface area contributed by atoms with Crippen LogP contribution in [-0.2, 0) is 0 Å². The third-order valence-corrected chi connectivity index (χ3v) is 3.50. The molecule has 3 nitrogen and oxygen atoms in total. The SMILES string of the molecule is Cc1ccc(C2CN=C(N)N2C(C)C)cc1C. The van der Waals surface area contributed by atoms with Crippen molar-refractivity contribution in [3.8, 4) is 0 Å². The van der Waals surface area contributed by atoms with E-state index in [2.05, 4.69) is 55.8 Å². The molecule has 17 heavy (non-hydrogen) atoms. The van der Waals surface area contributed by atoms with Gasteiger partial charge in [0.15, 0.2) is 5.96 Å². The van der Waals surface area contributed by atoms with Crippen LogP contribution in [-0.4, -0.2) is 23.4 Å². The molecule has 0 saturated carbocycles. The number of hydrogen-bond donors (Lipinski definition) is 1. The Bertz CT molecular complexity index is 449. The van der Waals surface area contributed by atoms with Crippen LogP contribution >= 0.6 is 0 Å². The van der Waals surface area contributed by atoms with E-state index in [9.17, 15) is 0 Å². The van der Waals surface area contributed by atoms with E-state index in [0.717, 1.165) is 6.54 Å². The molecule has 0 amide bonds. The van der Waals surface area contributed by atoms with E-state index in [1.165, 1.54) is 16.7 Å². The van der Waals surface area contributed by atoms with Crippen LogP contribution in [0, 0.1) is 13.8 Å². The van der Waals surface area contributed by atoms with Gasteiger partial charge in [-0.1, -0.05) is 18.2 Å². The molecule has 0 fully saturated rings. The normalized spacial score (nSPS) is 19.9. The lowest BCUT2D eigenvalue weighted by Crippen LogP contribution is -2.40. The first-order valence-corrected chi connectivity index (χ1v) is 6.16. The van der Waals surface area contributed by atoms with Crippen molar-refractivity contribution in [2.45, 2.75) is 39.8 Å². The zero-order valence-corrected chi connectivity index (χ0v) is 11.1. The van der Waals surface area contributed by atoms with Crippen LogP contribution in [0.3, 0.4) is 0 Å². The van der Waals surface area contributed by atoms with Gasteiger partial charge in [0.1, 0.15) is 0 Å². The fraction of sp³-hybridized carbons (Fsp3) is 0.500. The van der Waals surface area contributed by atoms with Crippen molar-refractivity contribution in [1.82, 2.24) is 4.90 Å². The monoisotopic (exact) mass is 231 g/mol. The molecule has 2 rings (SSSR count). The molecule has 0 spiro atoms. The molecular formula is C14H21N3. The molecule has 1 aromatic carbocycles. The van der Waals surface area contributed by atoms with E-state index in [1.54, 1.807) is 0 Å². The van der Waals surface area contributed by atoms with Crippen molar-refractivity contribution < 1.29 is 0 Å². The minimum absolute atomic E-state index is 0.300. The first-order chi connectivity index (χ1) is 8.00. The third-order valence-electron chi connectivity index (χ3n) is 3.50. The molecule has 3 heteroatoms. The summed E-state index contributed by atoms with van der Waals surface area (Å²) < 4.78 is 0. The smallest absolute Gasteiger partial charge is 0.192 e. The Morgan fingerprint density at radius 1 is 1.29 bits per heavy atom. The van der Waals surface area contributed by atoms with E-state index < -0.39 is 0 Å². The van der Waals surface area contributed by atoms with Gasteiger partial charge in [0, 0.05) is 6.04 Å². The molecule has 0 aliphatic carbocycles. The highest BCUT2D eigenvalue weighted by Gasteiger charge is 2.29. The van der Waals surface area contributed by atoms with Crippen molar-refractivity contribution in [2.75, 3.05) is 6.54 Å². The summed E-state index contributed by atoms with van der Waals surface area (Å²) in [4.78, 5) is 6.57. The van der Waals surface area contributed by atoms with Gasteiger partial charge in [-0.25, -0.2) is 0 Å². The van der Waals surface area contributed by atoms with Gasteiger partial charge in [-0.05, 0) is 44.4 Å². The summed E-state index contributed by atoms with van der Waals surface area (Å²) in [5.41, 5.74) is 9.92. The molecule has 1 heterocycles. The summed E-state index contributed by atoms with van der Waals surface area (Å²) in [6.07, 6.45) is 0. The Kier molecular flexibility index (Phi) is 3.09. The summed E-state index contributed by atoms with van der Waals surface area (Å²) in [5.74, 6) is 0.670. The molecule has 1 unspecified atom stereocenters. The van der Waals surface area contributed by atoms with Crippen LogP contribution in [0.15, 0.2) is 23.2 Å². The molecule has 92 valence electrons. The van der Waals surface area contributed by atoms with Gasteiger partial charge < -0.3 is 10.6 Å². The maximum absolute atomic E-state index is 5.95. The van der Waals surface area contributed by atoms with Gasteiger partial charge in [0.05, 0.1) is 12.6 Å². The Morgan fingerprint density at radius 2 is 2.00 bits per heavy atom. The van der Waals surface area contributed by atoms with E-state index in [-0.39, 0.29) is 0 Å². The van der Waals surface area contributed by atoms with Crippen LogP contribution < -0.4 is 5.73 Å². The molecule has 0 bridgehead atoms. The number of aryl methyl sites for hydroxylation is 2. The van der Waals surface area contributed by atoms with Crippen LogP contribution in [0.25, 0.3) is 0 Å². The van der Waals surface area contributed by atoms with Crippen molar-refractivity contribution in [3.63, 3.8) is 0 Å². The van der Waals surface area contributed by atoms with Crippen molar-refractivity contribution in [2.24, 2.45) is 10.7 Å². The number of benzene rings is 1. The van der Waals surface area contributed by atoms with Crippen LogP contribution in [0.5, 0.6) is 0 Å². The Labute approximate surface area is 103 Å². The number of guanidine groups is 1. The fourth-order valence-electron chi connectivity index (χ4n) is 2.37. The molecular weight excluding hydrogens is 210 g/mol. The van der Waals surface area contributed by atoms with Crippen LogP contribution in [0.4, 0.5) is 0 Å². The van der Waals surface area contributed by atoms with Gasteiger partial charge >= 0.3 is 0 Å². The van der Waals surface area contributed by atoms with Crippen molar-refractivity contribution >= 4 is 5.96 Å². The van der Waals surface area contributed by atoms with E-state index in [0.29, 0.717) is 18.0 Å². The molecule has 0 radical (unpaired) electrons. The predicted octanol–water partition coefficient (Wildman–Crippen LogP) is 2.38. The fourth-order valence-corrected chi connectivity index (χ4v) is 2.37. The average molecular weight is 231 g/mol. The highest BCUT2D eigenvalue weighted by atomic mass is 15.3. The molecule has 1 aliphatic heterocycles. The van der Waals surface area contributed by atoms with E-state index in [1.807, 2.05) is 0 Å². The van der Waals surface area contributed by atoms with Gasteiger partial charge in [0.2, 0.25) is 0 Å². The van der Waals surface area contributed by atoms with Crippen molar-refractivity contribution in [3.05, 3.63) is 34.9 Å². The zero-order valence-electron chi connectivity index (χ0n) is 11.1. The minimum atomic E-state index is 0.300. The van der Waals surface area contributed by atoms with Gasteiger partial charge in [-0.3, -0.25) is 4.99 Å². The summed E-state index contributed by atoms with van der Waals surface area (Å²) >= 11 is 0. The highest BCUT2D eigenvalue weighted by Crippen LogP contribution is 2.28. The highest BCUT2D eigenvalue weighted by molar-refractivity contribution is 5.80. The summed E-state index contributed by atoms with van der Waals surface area (Å²) in [7, 11) is 0. The van der Waals surface area contributed by atoms with Gasteiger partial charge in [0.25, 0.3) is 0 Å². The third kappa shape index (κ3) is 2.14. The summed E-state index contributed by atoms with van der Waals surface area (Å²) in [6.45, 7) is 9.37. The van der Waals surface area contributed by atoms with Gasteiger partial charge in [-0.2, -0.15) is 0 Å². The summed E-state index contributed by atoms with van der Waals surface area (Å²) in [6, 6.07) is 7.31. The topological polar surface area (TPSA) is 41.6 Å². The predicted molar refractivity (Wildman–Crippen MR) is 72.1 cm³/mol. The second kappa shape index (κ2) is 4.40. The lowest BCUT2D eigenvalue weighted by Gasteiger charge is -2.30. The Morgan fingerprint density at radius 3 is 2.59 bits per heavy atom. The van der Waals surface area contributed by atoms with Crippen LogP contribution in [0.1, 0.15) is 36.6 Å². The molecule has 1 aromatic rings. The van der Waals surface area contributed by atoms with E-state index >= 15 is 0 Å². The molecule has 0 aromatic heterocycles. The summed E-state index contributed by atoms with van der Waals surface area (Å²) in [5, 5.41) is 0. The Hall–Kier alpha value is -1.51. The zero-order chi connectivity index (χ0) is 12.6. The maximum Gasteiger partial charge on any atom is 0.192 e. The standard InChI is InChI=1S/C14H21N3/c1-9(2)17-13(8-16-14(17)15)12-6-5-10(3)11(4)7-12/h5-7,9,13H,8H2,1-4H3,(H2,15,16). The first kappa shape index (κ1) is 12.0. The molecule has 1 aliphatic rings. The number of aliphatic imine (C=N–C) groups is 1. The largest absolute Gasteiger partial charge is 0.370 e. The lowest BCUT2D eigenvalue weighted by molar-refractivity contribution is 0.290. The number of nitrogens with two attached hydrogens (primary N) is 1. The first-order valence-electron chi connectivity index (χ1n) is 6.16. The van der Waals surface area contributed by atoms with Crippen LogP contribution in [0.2, 0.25) is 0 Å². The second-order valence-electron chi connectivity index (χ2n) is 5.06. The number of hydrogen-bond acceptors (Lipinski definition) is 3. The molecule has 2 N–H and O–H groups in total. The number of nitrogens with zero attached hydrogens (tertiary/aromatic N) is 2. The maximum atomic E-state index is 5.95. The average Bonchev–Trinajstić information content (AvgIpc) is 2.64. The van der Waals surface area contributed by atoms with E-state index in [4.69, 9.17) is 5.73 Å². The second-order valence-corrected chi connectivity index (χ2v) is 5.06. The molecule has 0 saturated heterocycles. The Balaban J connectivity index is 2.31. The van der Waals surface area contributed by atoms with Gasteiger partial charge in [-0.15, -0.1) is 0 Å². The quantitative estimate of drug-likeness (QED) is 0.849. The lowest BCUT2D eigenvalue weighted by atomic mass is 10.00. The number of rotatable bonds is 2. The van der Waals surface area contributed by atoms with Crippen molar-refractivity contribution in [1.29, 1.82) is 0 Å².